The lowest BCUT2D eigenvalue weighted by Crippen LogP contribution is -2.48. The van der Waals surface area contributed by atoms with Crippen molar-refractivity contribution in [3.8, 4) is 0 Å². The summed E-state index contributed by atoms with van der Waals surface area (Å²) in [5.41, 5.74) is 5.39. The fraction of sp³-hybridized carbons (Fsp3) is 1.00. The molecule has 1 heterocycles. The van der Waals surface area contributed by atoms with E-state index in [1.54, 1.807) is 0 Å². The molecule has 4 heteroatoms. The van der Waals surface area contributed by atoms with Gasteiger partial charge in [-0.25, -0.2) is 8.78 Å². The lowest BCUT2D eigenvalue weighted by atomic mass is 9.96. The van der Waals surface area contributed by atoms with E-state index in [2.05, 4.69) is 4.90 Å². The van der Waals surface area contributed by atoms with Crippen molar-refractivity contribution >= 4 is 0 Å². The number of rotatable bonds is 5. The Hall–Kier alpha value is -0.220. The molecule has 0 spiro atoms. The smallest absolute Gasteiger partial charge is 0.246 e. The minimum absolute atomic E-state index is 0.0255. The Morgan fingerprint density at radius 3 is 2.54 bits per heavy atom. The highest BCUT2D eigenvalue weighted by Crippen LogP contribution is 2.22. The Labute approximate surface area is 78.1 Å². The third kappa shape index (κ3) is 4.00. The molecule has 1 fully saturated rings. The molecular weight excluding hydrogens is 174 g/mol. The molecule has 0 saturated carbocycles. The maximum Gasteiger partial charge on any atom is 0.246 e. The molecule has 0 aliphatic carbocycles. The van der Waals surface area contributed by atoms with Crippen molar-refractivity contribution in [1.29, 1.82) is 0 Å². The van der Waals surface area contributed by atoms with Crippen LogP contribution in [-0.2, 0) is 0 Å². The fourth-order valence-corrected chi connectivity index (χ4v) is 1.63. The van der Waals surface area contributed by atoms with Gasteiger partial charge in [0.2, 0.25) is 5.92 Å². The second-order valence-corrected chi connectivity index (χ2v) is 4.02. The number of nitrogens with zero attached hydrogens (tertiary/aromatic N) is 1. The van der Waals surface area contributed by atoms with Crippen LogP contribution in [0.15, 0.2) is 0 Å². The predicted octanol–water partition coefficient (Wildman–Crippen LogP) is 1.31. The first-order valence-corrected chi connectivity index (χ1v) is 4.81. The van der Waals surface area contributed by atoms with Gasteiger partial charge in [-0.1, -0.05) is 0 Å². The van der Waals surface area contributed by atoms with Gasteiger partial charge in [0.25, 0.3) is 0 Å². The molecular formula is C9H18F2N2. The van der Waals surface area contributed by atoms with Crippen LogP contribution in [0.4, 0.5) is 8.78 Å². The van der Waals surface area contributed by atoms with Crippen molar-refractivity contribution in [2.75, 3.05) is 26.2 Å². The van der Waals surface area contributed by atoms with Gasteiger partial charge in [0, 0.05) is 26.1 Å². The van der Waals surface area contributed by atoms with Gasteiger partial charge in [0.15, 0.2) is 0 Å². The fourth-order valence-electron chi connectivity index (χ4n) is 1.63. The lowest BCUT2D eigenvalue weighted by Gasteiger charge is -2.39. The monoisotopic (exact) mass is 192 g/mol. The molecule has 0 atom stereocenters. The summed E-state index contributed by atoms with van der Waals surface area (Å²) in [7, 11) is 0. The maximum absolute atomic E-state index is 12.4. The van der Waals surface area contributed by atoms with Crippen LogP contribution in [-0.4, -0.2) is 37.0 Å². The first-order chi connectivity index (χ1) is 6.01. The van der Waals surface area contributed by atoms with Gasteiger partial charge >= 0.3 is 0 Å². The van der Waals surface area contributed by atoms with Gasteiger partial charge in [-0.2, -0.15) is 0 Å². The topological polar surface area (TPSA) is 29.3 Å². The highest BCUT2D eigenvalue weighted by molar-refractivity contribution is 4.80. The Morgan fingerprint density at radius 1 is 1.46 bits per heavy atom. The molecule has 0 aromatic rings. The van der Waals surface area contributed by atoms with Crippen molar-refractivity contribution in [2.45, 2.75) is 25.7 Å². The van der Waals surface area contributed by atoms with Crippen molar-refractivity contribution < 1.29 is 8.78 Å². The zero-order valence-corrected chi connectivity index (χ0v) is 8.10. The summed E-state index contributed by atoms with van der Waals surface area (Å²) in [6.45, 7) is 4.11. The van der Waals surface area contributed by atoms with E-state index in [9.17, 15) is 8.78 Å². The molecule has 0 amide bonds. The van der Waals surface area contributed by atoms with Gasteiger partial charge in [0.1, 0.15) is 0 Å². The normalized spacial score (nSPS) is 20.3. The standard InChI is InChI=1S/C9H18F2N2/c1-9(10,11)3-5-13-6-8(7-13)2-4-12/h8H,2-7,12H2,1H3. The summed E-state index contributed by atoms with van der Waals surface area (Å²) in [4.78, 5) is 2.07. The summed E-state index contributed by atoms with van der Waals surface area (Å²) in [5.74, 6) is -1.87. The number of alkyl halides is 2. The van der Waals surface area contributed by atoms with E-state index in [1.165, 1.54) is 0 Å². The number of hydrogen-bond donors (Lipinski definition) is 1. The largest absolute Gasteiger partial charge is 0.330 e. The van der Waals surface area contributed by atoms with Gasteiger partial charge in [0.05, 0.1) is 0 Å². The summed E-state index contributed by atoms with van der Waals surface area (Å²) in [6.07, 6.45) is 1.00. The van der Waals surface area contributed by atoms with Gasteiger partial charge in [-0.3, -0.25) is 0 Å². The zero-order valence-electron chi connectivity index (χ0n) is 8.10. The molecule has 0 bridgehead atoms. The average Bonchev–Trinajstić information content (AvgIpc) is 1.91. The minimum atomic E-state index is -2.51. The van der Waals surface area contributed by atoms with Gasteiger partial charge in [-0.15, -0.1) is 0 Å². The summed E-state index contributed by atoms with van der Waals surface area (Å²) < 4.78 is 24.9. The van der Waals surface area contributed by atoms with Crippen LogP contribution in [0.2, 0.25) is 0 Å². The van der Waals surface area contributed by atoms with Crippen LogP contribution in [0, 0.1) is 5.92 Å². The number of halogens is 2. The van der Waals surface area contributed by atoms with E-state index in [1.807, 2.05) is 0 Å². The second kappa shape index (κ2) is 4.33. The Bertz CT molecular complexity index is 150. The molecule has 13 heavy (non-hydrogen) atoms. The average molecular weight is 192 g/mol. The van der Waals surface area contributed by atoms with Crippen LogP contribution < -0.4 is 5.73 Å². The zero-order chi connectivity index (χ0) is 9.90. The minimum Gasteiger partial charge on any atom is -0.330 e. The number of hydrogen-bond acceptors (Lipinski definition) is 2. The molecule has 0 aromatic heterocycles. The SMILES string of the molecule is CC(F)(F)CCN1CC(CCN)C1. The maximum atomic E-state index is 12.4. The molecule has 2 N–H and O–H groups in total. The van der Waals surface area contributed by atoms with Crippen molar-refractivity contribution in [3.05, 3.63) is 0 Å². The van der Waals surface area contributed by atoms with Crippen molar-refractivity contribution in [1.82, 2.24) is 4.90 Å². The molecule has 78 valence electrons. The Balaban J connectivity index is 2.02. The highest BCUT2D eigenvalue weighted by Gasteiger charge is 2.29. The van der Waals surface area contributed by atoms with E-state index in [0.717, 1.165) is 26.4 Å². The second-order valence-electron chi connectivity index (χ2n) is 4.02. The van der Waals surface area contributed by atoms with Crippen molar-refractivity contribution in [2.24, 2.45) is 11.7 Å². The molecule has 0 aromatic carbocycles. The van der Waals surface area contributed by atoms with E-state index >= 15 is 0 Å². The van der Waals surface area contributed by atoms with E-state index in [4.69, 9.17) is 5.73 Å². The molecule has 1 saturated heterocycles. The molecule has 1 aliphatic heterocycles. The van der Waals surface area contributed by atoms with Crippen molar-refractivity contribution in [3.63, 3.8) is 0 Å². The molecule has 0 radical (unpaired) electrons. The number of likely N-dealkylation sites (tertiary alicyclic amines) is 1. The lowest BCUT2D eigenvalue weighted by molar-refractivity contribution is -0.0115. The van der Waals surface area contributed by atoms with Crippen LogP contribution in [0.1, 0.15) is 19.8 Å². The van der Waals surface area contributed by atoms with E-state index < -0.39 is 5.92 Å². The molecule has 1 rings (SSSR count). The third-order valence-electron chi connectivity index (χ3n) is 2.47. The van der Waals surface area contributed by atoms with Gasteiger partial charge < -0.3 is 10.6 Å². The van der Waals surface area contributed by atoms with Crippen LogP contribution >= 0.6 is 0 Å². The molecule has 2 nitrogen and oxygen atoms in total. The first-order valence-electron chi connectivity index (χ1n) is 4.81. The predicted molar refractivity (Wildman–Crippen MR) is 48.8 cm³/mol. The first kappa shape index (κ1) is 10.9. The quantitative estimate of drug-likeness (QED) is 0.711. The van der Waals surface area contributed by atoms with Crippen LogP contribution in [0.25, 0.3) is 0 Å². The molecule has 1 aliphatic rings. The summed E-state index contributed by atoms with van der Waals surface area (Å²) in [5, 5.41) is 0. The van der Waals surface area contributed by atoms with Gasteiger partial charge in [-0.05, 0) is 25.8 Å². The highest BCUT2D eigenvalue weighted by atomic mass is 19.3. The summed E-state index contributed by atoms with van der Waals surface area (Å²) >= 11 is 0. The Morgan fingerprint density at radius 2 is 2.08 bits per heavy atom. The summed E-state index contributed by atoms with van der Waals surface area (Å²) in [6, 6.07) is 0. The van der Waals surface area contributed by atoms with Crippen LogP contribution in [0.3, 0.4) is 0 Å². The van der Waals surface area contributed by atoms with E-state index in [0.29, 0.717) is 19.0 Å². The molecule has 0 unspecified atom stereocenters. The number of nitrogens with two attached hydrogens (primary N) is 1. The van der Waals surface area contributed by atoms with E-state index in [-0.39, 0.29) is 6.42 Å². The van der Waals surface area contributed by atoms with Crippen LogP contribution in [0.5, 0.6) is 0 Å². The third-order valence-corrected chi connectivity index (χ3v) is 2.47. The Kier molecular flexibility index (Phi) is 3.62.